The van der Waals surface area contributed by atoms with Crippen LogP contribution in [-0.4, -0.2) is 32.9 Å². The molecule has 0 spiro atoms. The van der Waals surface area contributed by atoms with Gasteiger partial charge in [-0.15, -0.1) is 0 Å². The van der Waals surface area contributed by atoms with Gasteiger partial charge in [0.25, 0.3) is 5.91 Å². The molecule has 0 aliphatic carbocycles. The minimum Gasteiger partial charge on any atom is -0.449 e. The summed E-state index contributed by atoms with van der Waals surface area (Å²) in [4.78, 5) is 37.4. The molecule has 2 aromatic carbocycles. The molecule has 0 aliphatic rings. The normalized spacial score (nSPS) is 11.9. The van der Waals surface area contributed by atoms with Crippen molar-refractivity contribution in [2.24, 2.45) is 0 Å². The van der Waals surface area contributed by atoms with Gasteiger partial charge >= 0.3 is 5.97 Å². The molecule has 7 heteroatoms. The van der Waals surface area contributed by atoms with E-state index in [1.807, 2.05) is 45.0 Å². The van der Waals surface area contributed by atoms with Crippen LogP contribution in [0.15, 0.2) is 54.6 Å². The number of para-hydroxylation sites is 1. The van der Waals surface area contributed by atoms with Crippen LogP contribution in [0.25, 0.3) is 22.3 Å². The van der Waals surface area contributed by atoms with Crippen molar-refractivity contribution in [1.29, 1.82) is 0 Å². The SMILES string of the molecule is Cc1cc(NC(=O)C(C)OC(=O)c2ccc(-c3nc(C)c(C)[nH]3)cc2)c2ccccc2n1. The van der Waals surface area contributed by atoms with E-state index in [-0.39, 0.29) is 0 Å². The minimum absolute atomic E-state index is 0.360. The number of hydrogen-bond acceptors (Lipinski definition) is 5. The Kier molecular flexibility index (Phi) is 5.73. The Morgan fingerprint density at radius 3 is 2.41 bits per heavy atom. The highest BCUT2D eigenvalue weighted by atomic mass is 16.5. The van der Waals surface area contributed by atoms with Gasteiger partial charge in [0.05, 0.1) is 22.5 Å². The van der Waals surface area contributed by atoms with E-state index in [0.717, 1.165) is 39.4 Å². The van der Waals surface area contributed by atoms with E-state index in [0.29, 0.717) is 11.3 Å². The van der Waals surface area contributed by atoms with Crippen molar-refractivity contribution in [2.45, 2.75) is 33.8 Å². The predicted octanol–water partition coefficient (Wildman–Crippen LogP) is 4.73. The van der Waals surface area contributed by atoms with Crippen LogP contribution >= 0.6 is 0 Å². The zero-order valence-electron chi connectivity index (χ0n) is 18.4. The van der Waals surface area contributed by atoms with E-state index in [1.54, 1.807) is 37.3 Å². The molecule has 2 N–H and O–H groups in total. The molecule has 2 aromatic heterocycles. The van der Waals surface area contributed by atoms with Crippen LogP contribution in [0.5, 0.6) is 0 Å². The van der Waals surface area contributed by atoms with E-state index < -0.39 is 18.0 Å². The van der Waals surface area contributed by atoms with Crippen LogP contribution in [0.1, 0.15) is 34.4 Å². The number of H-pyrrole nitrogens is 1. The average Bonchev–Trinajstić information content (AvgIpc) is 3.12. The van der Waals surface area contributed by atoms with E-state index in [1.165, 1.54) is 0 Å². The van der Waals surface area contributed by atoms with Gasteiger partial charge in [-0.1, -0.05) is 30.3 Å². The summed E-state index contributed by atoms with van der Waals surface area (Å²) in [6.07, 6.45) is -0.968. The zero-order chi connectivity index (χ0) is 22.8. The molecule has 7 nitrogen and oxygen atoms in total. The number of pyridine rings is 1. The summed E-state index contributed by atoms with van der Waals surface area (Å²) in [6, 6.07) is 16.3. The summed E-state index contributed by atoms with van der Waals surface area (Å²) in [6.45, 7) is 7.30. The fraction of sp³-hybridized carbons (Fsp3) is 0.200. The maximum Gasteiger partial charge on any atom is 0.338 e. The third-order valence-corrected chi connectivity index (χ3v) is 5.28. The summed E-state index contributed by atoms with van der Waals surface area (Å²) in [5.41, 5.74) is 5.36. The van der Waals surface area contributed by atoms with E-state index >= 15 is 0 Å². The molecule has 162 valence electrons. The maximum atomic E-state index is 12.7. The number of amides is 1. The van der Waals surface area contributed by atoms with Crippen LogP contribution in [0.2, 0.25) is 0 Å². The number of aromatic nitrogens is 3. The number of aromatic amines is 1. The molecule has 0 saturated carbocycles. The molecule has 2 heterocycles. The summed E-state index contributed by atoms with van der Waals surface area (Å²) >= 11 is 0. The molecule has 0 aliphatic heterocycles. The van der Waals surface area contributed by atoms with Crippen molar-refractivity contribution < 1.29 is 14.3 Å². The van der Waals surface area contributed by atoms with Crippen LogP contribution in [0.3, 0.4) is 0 Å². The predicted molar refractivity (Wildman–Crippen MR) is 123 cm³/mol. The van der Waals surface area contributed by atoms with Crippen LogP contribution < -0.4 is 5.32 Å². The number of aryl methyl sites for hydroxylation is 3. The second kappa shape index (κ2) is 8.63. The lowest BCUT2D eigenvalue weighted by atomic mass is 10.1. The lowest BCUT2D eigenvalue weighted by molar-refractivity contribution is -0.123. The van der Waals surface area contributed by atoms with E-state index in [2.05, 4.69) is 20.3 Å². The van der Waals surface area contributed by atoms with Gasteiger partial charge in [0.2, 0.25) is 0 Å². The number of carbonyl (C=O) groups excluding carboxylic acids is 2. The minimum atomic E-state index is -0.968. The fourth-order valence-corrected chi connectivity index (χ4v) is 3.38. The second-order valence-corrected chi connectivity index (χ2v) is 7.74. The van der Waals surface area contributed by atoms with Crippen molar-refractivity contribution in [3.63, 3.8) is 0 Å². The lowest BCUT2D eigenvalue weighted by Crippen LogP contribution is -2.30. The Morgan fingerprint density at radius 2 is 1.72 bits per heavy atom. The summed E-state index contributed by atoms with van der Waals surface area (Å²) < 4.78 is 5.39. The van der Waals surface area contributed by atoms with E-state index in [9.17, 15) is 9.59 Å². The first kappa shape index (κ1) is 21.2. The second-order valence-electron chi connectivity index (χ2n) is 7.74. The Hall–Kier alpha value is -4.00. The molecule has 4 aromatic rings. The van der Waals surface area contributed by atoms with Gasteiger partial charge in [0, 0.05) is 22.3 Å². The van der Waals surface area contributed by atoms with Crippen molar-refractivity contribution in [3.05, 3.63) is 77.2 Å². The van der Waals surface area contributed by atoms with Gasteiger partial charge in [-0.25, -0.2) is 9.78 Å². The number of rotatable bonds is 5. The number of nitrogens with zero attached hydrogens (tertiary/aromatic N) is 2. The number of esters is 1. The number of benzene rings is 2. The fourth-order valence-electron chi connectivity index (χ4n) is 3.38. The number of imidazole rings is 1. The summed E-state index contributed by atoms with van der Waals surface area (Å²) in [5.74, 6) is -0.235. The number of nitrogens with one attached hydrogen (secondary N) is 2. The highest BCUT2D eigenvalue weighted by Gasteiger charge is 2.20. The van der Waals surface area contributed by atoms with Crippen molar-refractivity contribution in [3.8, 4) is 11.4 Å². The van der Waals surface area contributed by atoms with Gasteiger partial charge in [-0.3, -0.25) is 9.78 Å². The van der Waals surface area contributed by atoms with Crippen LogP contribution in [-0.2, 0) is 9.53 Å². The Bertz CT molecular complexity index is 1290. The molecule has 4 rings (SSSR count). The first-order valence-electron chi connectivity index (χ1n) is 10.3. The zero-order valence-corrected chi connectivity index (χ0v) is 18.4. The Balaban J connectivity index is 1.44. The number of ether oxygens (including phenoxy) is 1. The van der Waals surface area contributed by atoms with Gasteiger partial charge in [0.1, 0.15) is 5.82 Å². The topological polar surface area (TPSA) is 97.0 Å². The Labute approximate surface area is 185 Å². The Morgan fingerprint density at radius 1 is 1.00 bits per heavy atom. The number of hydrogen-bond donors (Lipinski definition) is 2. The monoisotopic (exact) mass is 428 g/mol. The third-order valence-electron chi connectivity index (χ3n) is 5.28. The van der Waals surface area contributed by atoms with Gasteiger partial charge in [-0.2, -0.15) is 0 Å². The standard InChI is InChI=1S/C25H24N4O3/c1-14-13-22(20-7-5-6-8-21(20)26-14)29-24(30)17(4)32-25(31)19-11-9-18(10-12-19)23-27-15(2)16(3)28-23/h5-13,17H,1-4H3,(H,27,28)(H,26,29,30). The van der Waals surface area contributed by atoms with Crippen LogP contribution in [0.4, 0.5) is 5.69 Å². The average molecular weight is 428 g/mol. The number of fused-ring (bicyclic) bond motifs is 1. The molecule has 0 saturated heterocycles. The van der Waals surface area contributed by atoms with Crippen molar-refractivity contribution in [2.75, 3.05) is 5.32 Å². The maximum absolute atomic E-state index is 12.7. The van der Waals surface area contributed by atoms with E-state index in [4.69, 9.17) is 4.74 Å². The summed E-state index contributed by atoms with van der Waals surface area (Å²) in [5, 5.41) is 3.68. The quantitative estimate of drug-likeness (QED) is 0.448. The number of carbonyl (C=O) groups is 2. The molecular weight excluding hydrogens is 404 g/mol. The lowest BCUT2D eigenvalue weighted by Gasteiger charge is -2.15. The van der Waals surface area contributed by atoms with Crippen molar-refractivity contribution >= 4 is 28.5 Å². The molecule has 0 fully saturated rings. The molecule has 1 amide bonds. The van der Waals surface area contributed by atoms with Gasteiger partial charge < -0.3 is 15.0 Å². The molecule has 1 atom stereocenters. The molecular formula is C25H24N4O3. The van der Waals surface area contributed by atoms with Crippen molar-refractivity contribution in [1.82, 2.24) is 15.0 Å². The number of anilines is 1. The first-order valence-corrected chi connectivity index (χ1v) is 10.3. The molecule has 32 heavy (non-hydrogen) atoms. The third kappa shape index (κ3) is 4.37. The highest BCUT2D eigenvalue weighted by molar-refractivity contribution is 6.03. The van der Waals surface area contributed by atoms with Crippen LogP contribution in [0, 0.1) is 20.8 Å². The smallest absolute Gasteiger partial charge is 0.338 e. The molecule has 1 unspecified atom stereocenters. The largest absolute Gasteiger partial charge is 0.449 e. The van der Waals surface area contributed by atoms with Gasteiger partial charge in [-0.05, 0) is 52.0 Å². The molecule has 0 bridgehead atoms. The first-order chi connectivity index (χ1) is 15.3. The molecule has 0 radical (unpaired) electrons. The highest BCUT2D eigenvalue weighted by Crippen LogP contribution is 2.23. The summed E-state index contributed by atoms with van der Waals surface area (Å²) in [7, 11) is 0. The van der Waals surface area contributed by atoms with Gasteiger partial charge in [0.15, 0.2) is 6.10 Å².